The van der Waals surface area contributed by atoms with E-state index in [1.165, 1.54) is 6.07 Å². The molecule has 1 aromatic carbocycles. The van der Waals surface area contributed by atoms with Gasteiger partial charge in [-0.25, -0.2) is 13.1 Å². The number of unbranched alkanes of at least 4 members (excludes halogenated alkanes) is 1. The van der Waals surface area contributed by atoms with Crippen molar-refractivity contribution in [3.05, 3.63) is 23.2 Å². The third-order valence-corrected chi connectivity index (χ3v) is 5.98. The molecule has 0 aromatic heterocycles. The van der Waals surface area contributed by atoms with Gasteiger partial charge in [0.25, 0.3) is 0 Å². The van der Waals surface area contributed by atoms with E-state index in [9.17, 15) is 8.42 Å². The molecule has 1 heterocycles. The van der Waals surface area contributed by atoms with Crippen LogP contribution >= 0.6 is 11.6 Å². The van der Waals surface area contributed by atoms with Crippen LogP contribution in [0.1, 0.15) is 32.6 Å². The van der Waals surface area contributed by atoms with Crippen molar-refractivity contribution < 1.29 is 17.9 Å². The SMILES string of the molecule is CCCCC(CN)NS(=O)(=O)c1cc(Cl)ccc1OCC1CCOC1. The largest absolute Gasteiger partial charge is 0.492 e. The number of rotatable bonds is 10. The maximum absolute atomic E-state index is 12.8. The van der Waals surface area contributed by atoms with E-state index in [0.717, 1.165) is 25.9 Å². The highest BCUT2D eigenvalue weighted by molar-refractivity contribution is 7.89. The van der Waals surface area contributed by atoms with E-state index in [-0.39, 0.29) is 23.4 Å². The average Bonchev–Trinajstić information content (AvgIpc) is 3.11. The topological polar surface area (TPSA) is 90.7 Å². The zero-order valence-corrected chi connectivity index (χ0v) is 16.1. The molecule has 2 unspecified atom stereocenters. The fourth-order valence-electron chi connectivity index (χ4n) is 2.69. The van der Waals surface area contributed by atoms with Crippen molar-refractivity contribution in [1.29, 1.82) is 0 Å². The Balaban J connectivity index is 2.15. The smallest absolute Gasteiger partial charge is 0.244 e. The summed E-state index contributed by atoms with van der Waals surface area (Å²) in [4.78, 5) is 0.0499. The fraction of sp³-hybridized carbons (Fsp3) is 0.647. The summed E-state index contributed by atoms with van der Waals surface area (Å²) in [7, 11) is -3.77. The van der Waals surface area contributed by atoms with E-state index in [0.29, 0.717) is 30.4 Å². The summed E-state index contributed by atoms with van der Waals surface area (Å²) < 4.78 is 39.4. The highest BCUT2D eigenvalue weighted by Crippen LogP contribution is 2.28. The zero-order chi connectivity index (χ0) is 18.3. The molecule has 2 atom stereocenters. The molecule has 0 aliphatic carbocycles. The molecule has 0 spiro atoms. The molecule has 2 rings (SSSR count). The van der Waals surface area contributed by atoms with Gasteiger partial charge in [0.05, 0.1) is 13.2 Å². The molecule has 1 aromatic rings. The van der Waals surface area contributed by atoms with Gasteiger partial charge in [-0.05, 0) is 31.0 Å². The molecule has 0 saturated carbocycles. The Morgan fingerprint density at radius 3 is 2.92 bits per heavy atom. The van der Waals surface area contributed by atoms with Gasteiger partial charge in [0.1, 0.15) is 10.6 Å². The number of hydrogen-bond donors (Lipinski definition) is 2. The summed E-state index contributed by atoms with van der Waals surface area (Å²) in [5.41, 5.74) is 5.71. The van der Waals surface area contributed by atoms with Crippen molar-refractivity contribution in [2.75, 3.05) is 26.4 Å². The first kappa shape index (κ1) is 20.5. The average molecular weight is 391 g/mol. The lowest BCUT2D eigenvalue weighted by Gasteiger charge is -2.19. The molecule has 25 heavy (non-hydrogen) atoms. The second-order valence-electron chi connectivity index (χ2n) is 6.33. The minimum Gasteiger partial charge on any atom is -0.492 e. The van der Waals surface area contributed by atoms with E-state index in [4.69, 9.17) is 26.8 Å². The zero-order valence-electron chi connectivity index (χ0n) is 14.5. The maximum Gasteiger partial charge on any atom is 0.244 e. The standard InChI is InChI=1S/C17H27ClN2O4S/c1-2-3-4-15(10-19)20-25(21,22)17-9-14(18)5-6-16(17)24-12-13-7-8-23-11-13/h5-6,9,13,15,20H,2-4,7-8,10-12,19H2,1H3. The molecule has 0 radical (unpaired) electrons. The molecule has 1 aliphatic rings. The number of sulfonamides is 1. The molecule has 6 nitrogen and oxygen atoms in total. The quantitative estimate of drug-likeness (QED) is 0.640. The Bertz CT molecular complexity index is 648. The summed E-state index contributed by atoms with van der Waals surface area (Å²) >= 11 is 6.01. The summed E-state index contributed by atoms with van der Waals surface area (Å²) in [5, 5.41) is 0.342. The van der Waals surface area contributed by atoms with Crippen LogP contribution < -0.4 is 15.2 Å². The number of nitrogens with two attached hydrogens (primary N) is 1. The highest BCUT2D eigenvalue weighted by atomic mass is 35.5. The molecule has 1 fully saturated rings. The van der Waals surface area contributed by atoms with Crippen LogP contribution in [0, 0.1) is 5.92 Å². The second kappa shape index (κ2) is 9.73. The first-order chi connectivity index (χ1) is 12.0. The van der Waals surface area contributed by atoms with Crippen LogP contribution in [0.3, 0.4) is 0 Å². The van der Waals surface area contributed by atoms with Gasteiger partial charge in [-0.2, -0.15) is 0 Å². The first-order valence-electron chi connectivity index (χ1n) is 8.68. The Morgan fingerprint density at radius 2 is 2.28 bits per heavy atom. The van der Waals surface area contributed by atoms with E-state index < -0.39 is 10.0 Å². The van der Waals surface area contributed by atoms with E-state index in [1.807, 2.05) is 0 Å². The molecule has 0 amide bonds. The van der Waals surface area contributed by atoms with Crippen LogP contribution in [0.4, 0.5) is 0 Å². The minimum atomic E-state index is -3.77. The predicted molar refractivity (Wildman–Crippen MR) is 98.6 cm³/mol. The highest BCUT2D eigenvalue weighted by Gasteiger charge is 2.25. The van der Waals surface area contributed by atoms with Crippen molar-refractivity contribution in [3.63, 3.8) is 0 Å². The molecule has 1 saturated heterocycles. The number of nitrogens with one attached hydrogen (secondary N) is 1. The van der Waals surface area contributed by atoms with Crippen LogP contribution in [-0.4, -0.2) is 40.8 Å². The van der Waals surface area contributed by atoms with Crippen molar-refractivity contribution in [1.82, 2.24) is 4.72 Å². The van der Waals surface area contributed by atoms with E-state index >= 15 is 0 Å². The van der Waals surface area contributed by atoms with Gasteiger partial charge in [0.2, 0.25) is 10.0 Å². The van der Waals surface area contributed by atoms with Gasteiger partial charge in [-0.3, -0.25) is 0 Å². The van der Waals surface area contributed by atoms with Crippen LogP contribution in [0.15, 0.2) is 23.1 Å². The van der Waals surface area contributed by atoms with Gasteiger partial charge in [-0.15, -0.1) is 0 Å². The van der Waals surface area contributed by atoms with Crippen LogP contribution in [0.25, 0.3) is 0 Å². The number of hydrogen-bond acceptors (Lipinski definition) is 5. The van der Waals surface area contributed by atoms with Gasteiger partial charge >= 0.3 is 0 Å². The first-order valence-corrected chi connectivity index (χ1v) is 10.5. The van der Waals surface area contributed by atoms with Crippen molar-refractivity contribution in [3.8, 4) is 5.75 Å². The van der Waals surface area contributed by atoms with Gasteiger partial charge in [0.15, 0.2) is 0 Å². The Kier molecular flexibility index (Phi) is 7.96. The molecule has 142 valence electrons. The second-order valence-corrected chi connectivity index (χ2v) is 8.45. The number of ether oxygens (including phenoxy) is 2. The third-order valence-electron chi connectivity index (χ3n) is 4.21. The lowest BCUT2D eigenvalue weighted by molar-refractivity contribution is 0.166. The Labute approximate surface area is 155 Å². The lowest BCUT2D eigenvalue weighted by atomic mass is 10.1. The van der Waals surface area contributed by atoms with E-state index in [2.05, 4.69) is 11.6 Å². The molecular weight excluding hydrogens is 364 g/mol. The Morgan fingerprint density at radius 1 is 1.48 bits per heavy atom. The normalized spacial score (nSPS) is 19.1. The van der Waals surface area contributed by atoms with E-state index in [1.54, 1.807) is 12.1 Å². The summed E-state index contributed by atoms with van der Waals surface area (Å²) in [5.74, 6) is 0.579. The summed E-state index contributed by atoms with van der Waals surface area (Å²) in [6, 6.07) is 4.33. The maximum atomic E-state index is 12.8. The van der Waals surface area contributed by atoms with Gasteiger partial charge in [-0.1, -0.05) is 31.4 Å². The van der Waals surface area contributed by atoms with Crippen LogP contribution in [0.2, 0.25) is 5.02 Å². The summed E-state index contributed by atoms with van der Waals surface area (Å²) in [6.45, 7) is 4.07. The molecule has 1 aliphatic heterocycles. The molecule has 0 bridgehead atoms. The number of halogens is 1. The van der Waals surface area contributed by atoms with Gasteiger partial charge < -0.3 is 15.2 Å². The molecule has 8 heteroatoms. The minimum absolute atomic E-state index is 0.0499. The lowest BCUT2D eigenvalue weighted by Crippen LogP contribution is -2.40. The molecule has 3 N–H and O–H groups in total. The predicted octanol–water partition coefficient (Wildman–Crippen LogP) is 2.55. The fourth-order valence-corrected chi connectivity index (χ4v) is 4.38. The van der Waals surface area contributed by atoms with Gasteiger partial charge in [0, 0.05) is 30.1 Å². The molecular formula is C17H27ClN2O4S. The third kappa shape index (κ3) is 6.11. The monoisotopic (exact) mass is 390 g/mol. The summed E-state index contributed by atoms with van der Waals surface area (Å²) in [6.07, 6.45) is 3.50. The Hall–Kier alpha value is -0.860. The van der Waals surface area contributed by atoms with Crippen molar-refractivity contribution >= 4 is 21.6 Å². The van der Waals surface area contributed by atoms with Crippen LogP contribution in [0.5, 0.6) is 5.75 Å². The van der Waals surface area contributed by atoms with Crippen molar-refractivity contribution in [2.45, 2.75) is 43.5 Å². The number of benzene rings is 1. The van der Waals surface area contributed by atoms with Crippen molar-refractivity contribution in [2.24, 2.45) is 11.7 Å². The van der Waals surface area contributed by atoms with Crippen LogP contribution in [-0.2, 0) is 14.8 Å².